The molecule has 1 saturated heterocycles. The Morgan fingerprint density at radius 3 is 1.57 bits per heavy atom. The van der Waals surface area contributed by atoms with Gasteiger partial charge in [0.1, 0.15) is 6.61 Å². The number of hydrogen-bond donors (Lipinski definition) is 4. The standard InChI is InChI=1S/C17H17NO2.C11H15NO2.C10H13NO2.C2H6/c1-13-16(15-10-6-3-7-11-15)18(20-17(13)19)12-14-8-4-2-5-9-14;1-8(10(14)7-13)11(12)9-5-3-2-4-6-9;1-7(10(12)13)9(11)8-5-3-2-4-6-8;1-2/h2-11,13,16H,12H2,1H3;2-6,8,11,13H,7,12H2,1H3;2-7,9H,11H2,1H3,(H,12,13);1-2H3/t13-,16+;8-,11-;7-,9+;/m101./s1. The first-order valence-electron chi connectivity index (χ1n) is 16.6. The Bertz CT molecular complexity index is 1520. The molecule has 0 aromatic heterocycles. The van der Waals surface area contributed by atoms with E-state index in [9.17, 15) is 14.4 Å². The van der Waals surface area contributed by atoms with Crippen LogP contribution in [0.2, 0.25) is 0 Å². The summed E-state index contributed by atoms with van der Waals surface area (Å²) in [6.45, 7) is 9.43. The number of carbonyl (C=O) groups is 3. The van der Waals surface area contributed by atoms with E-state index in [0.29, 0.717) is 6.54 Å². The number of rotatable bonds is 10. The number of Topliss-reactive ketones (excluding diaryl/α,β-unsaturated/α-hetero) is 1. The highest BCUT2D eigenvalue weighted by molar-refractivity contribution is 5.82. The number of aliphatic hydroxyl groups excluding tert-OH is 1. The fraction of sp³-hybridized carbons (Fsp3) is 0.325. The lowest BCUT2D eigenvalue weighted by atomic mass is 9.92. The lowest BCUT2D eigenvalue weighted by Crippen LogP contribution is -2.27. The molecule has 0 unspecified atom stereocenters. The molecule has 0 radical (unpaired) electrons. The summed E-state index contributed by atoms with van der Waals surface area (Å²) in [4.78, 5) is 39.2. The molecule has 0 saturated carbocycles. The fourth-order valence-electron chi connectivity index (χ4n) is 5.06. The Labute approximate surface area is 290 Å². The quantitative estimate of drug-likeness (QED) is 0.145. The zero-order chi connectivity index (χ0) is 36.3. The Morgan fingerprint density at radius 1 is 0.735 bits per heavy atom. The Morgan fingerprint density at radius 2 is 1.14 bits per heavy atom. The molecule has 6 atom stereocenters. The normalized spacial score (nSPS) is 17.6. The molecule has 0 amide bonds. The number of carboxylic acid groups (broad SMARTS) is 1. The molecule has 1 heterocycles. The van der Waals surface area contributed by atoms with Crippen molar-refractivity contribution in [3.63, 3.8) is 0 Å². The number of nitrogens with two attached hydrogens (primary N) is 2. The highest BCUT2D eigenvalue weighted by Crippen LogP contribution is 2.36. The molecule has 0 spiro atoms. The van der Waals surface area contributed by atoms with Crippen molar-refractivity contribution in [2.75, 3.05) is 6.61 Å². The second-order valence-electron chi connectivity index (χ2n) is 11.5. The van der Waals surface area contributed by atoms with Crippen LogP contribution in [0.4, 0.5) is 0 Å². The van der Waals surface area contributed by atoms with Crippen LogP contribution in [0.1, 0.15) is 75.0 Å². The molecule has 5 rings (SSSR count). The zero-order valence-electron chi connectivity index (χ0n) is 29.1. The van der Waals surface area contributed by atoms with Crippen LogP contribution in [-0.2, 0) is 25.8 Å². The minimum atomic E-state index is -0.864. The van der Waals surface area contributed by atoms with Gasteiger partial charge in [-0.05, 0) is 29.2 Å². The summed E-state index contributed by atoms with van der Waals surface area (Å²) in [5.74, 6) is -2.29. The summed E-state index contributed by atoms with van der Waals surface area (Å²) in [6.07, 6.45) is 0. The molecule has 0 bridgehead atoms. The van der Waals surface area contributed by atoms with Crippen LogP contribution in [0.15, 0.2) is 121 Å². The van der Waals surface area contributed by atoms with E-state index in [-0.39, 0.29) is 35.7 Å². The summed E-state index contributed by atoms with van der Waals surface area (Å²) in [5.41, 5.74) is 15.7. The number of carboxylic acids is 1. The molecular weight excluding hydrogens is 618 g/mol. The van der Waals surface area contributed by atoms with Crippen LogP contribution in [0.5, 0.6) is 0 Å². The molecule has 0 aliphatic carbocycles. The number of hydroxylamine groups is 2. The Hall–Kier alpha value is -4.67. The van der Waals surface area contributed by atoms with Crippen molar-refractivity contribution in [3.8, 4) is 0 Å². The summed E-state index contributed by atoms with van der Waals surface area (Å²) < 4.78 is 0. The van der Waals surface area contributed by atoms with E-state index in [4.69, 9.17) is 26.5 Å². The highest BCUT2D eigenvalue weighted by Gasteiger charge is 2.41. The molecule has 1 fully saturated rings. The molecule has 262 valence electrons. The van der Waals surface area contributed by atoms with Crippen LogP contribution in [0.3, 0.4) is 0 Å². The molecule has 4 aromatic carbocycles. The van der Waals surface area contributed by atoms with Gasteiger partial charge in [-0.1, -0.05) is 149 Å². The van der Waals surface area contributed by atoms with Gasteiger partial charge < -0.3 is 26.5 Å². The van der Waals surface area contributed by atoms with E-state index in [2.05, 4.69) is 0 Å². The third-order valence-electron chi connectivity index (χ3n) is 8.18. The van der Waals surface area contributed by atoms with Gasteiger partial charge in [0.05, 0.1) is 24.4 Å². The van der Waals surface area contributed by atoms with Crippen LogP contribution < -0.4 is 11.5 Å². The van der Waals surface area contributed by atoms with Crippen molar-refractivity contribution in [2.24, 2.45) is 29.2 Å². The minimum absolute atomic E-state index is 0.0242. The zero-order valence-corrected chi connectivity index (χ0v) is 29.1. The first-order chi connectivity index (χ1) is 23.5. The molecule has 6 N–H and O–H groups in total. The second kappa shape index (κ2) is 21.3. The summed E-state index contributed by atoms with van der Waals surface area (Å²) in [5, 5.41) is 19.2. The molecule has 4 aromatic rings. The number of aliphatic carboxylic acids is 1. The van der Waals surface area contributed by atoms with Crippen LogP contribution in [0, 0.1) is 17.8 Å². The summed E-state index contributed by atoms with van der Waals surface area (Å²) in [7, 11) is 0. The van der Waals surface area contributed by atoms with Gasteiger partial charge in [0.15, 0.2) is 5.78 Å². The Kier molecular flexibility index (Phi) is 17.6. The van der Waals surface area contributed by atoms with Gasteiger partial charge in [-0.25, -0.2) is 4.79 Å². The summed E-state index contributed by atoms with van der Waals surface area (Å²) >= 11 is 0. The molecular formula is C40H51N3O6. The fourth-order valence-corrected chi connectivity index (χ4v) is 5.06. The third kappa shape index (κ3) is 12.4. The monoisotopic (exact) mass is 669 g/mol. The maximum Gasteiger partial charge on any atom is 0.329 e. The van der Waals surface area contributed by atoms with Gasteiger partial charge in [0.2, 0.25) is 0 Å². The molecule has 1 aliphatic rings. The maximum absolute atomic E-state index is 11.9. The Balaban J connectivity index is 0.000000257. The van der Waals surface area contributed by atoms with Gasteiger partial charge in [-0.15, -0.1) is 5.06 Å². The largest absolute Gasteiger partial charge is 0.481 e. The van der Waals surface area contributed by atoms with Crippen molar-refractivity contribution < 1.29 is 29.4 Å². The third-order valence-corrected chi connectivity index (χ3v) is 8.18. The van der Waals surface area contributed by atoms with Crippen molar-refractivity contribution in [3.05, 3.63) is 144 Å². The number of aliphatic hydroxyl groups is 1. The van der Waals surface area contributed by atoms with E-state index >= 15 is 0 Å². The lowest BCUT2D eigenvalue weighted by Gasteiger charge is -2.23. The second-order valence-corrected chi connectivity index (χ2v) is 11.5. The van der Waals surface area contributed by atoms with Crippen LogP contribution >= 0.6 is 0 Å². The van der Waals surface area contributed by atoms with Gasteiger partial charge in [-0.3, -0.25) is 9.59 Å². The molecule has 1 aliphatic heterocycles. The first kappa shape index (κ1) is 40.5. The number of hydrogen-bond acceptors (Lipinski definition) is 8. The summed E-state index contributed by atoms with van der Waals surface area (Å²) in [6, 6.07) is 38.0. The maximum atomic E-state index is 11.9. The molecule has 9 heteroatoms. The van der Waals surface area contributed by atoms with Gasteiger partial charge in [-0.2, -0.15) is 0 Å². The highest BCUT2D eigenvalue weighted by atomic mass is 16.7. The SMILES string of the molecule is CC.C[C@@H](C(=O)CO)[C@H](N)c1ccccc1.C[C@@H](C(=O)O)[C@H](N)c1ccccc1.C[C@H]1C(=O)ON(Cc2ccccc2)[C@@H]1c1ccccc1. The van der Waals surface area contributed by atoms with Crippen molar-refractivity contribution in [1.29, 1.82) is 0 Å². The first-order valence-corrected chi connectivity index (χ1v) is 16.6. The smallest absolute Gasteiger partial charge is 0.329 e. The average molecular weight is 670 g/mol. The minimum Gasteiger partial charge on any atom is -0.481 e. The van der Waals surface area contributed by atoms with Crippen molar-refractivity contribution in [2.45, 2.75) is 59.3 Å². The van der Waals surface area contributed by atoms with Gasteiger partial charge >= 0.3 is 11.9 Å². The van der Waals surface area contributed by atoms with Gasteiger partial charge in [0.25, 0.3) is 0 Å². The van der Waals surface area contributed by atoms with E-state index in [0.717, 1.165) is 22.3 Å². The van der Waals surface area contributed by atoms with Gasteiger partial charge in [0, 0.05) is 18.0 Å². The van der Waals surface area contributed by atoms with E-state index in [1.165, 1.54) is 0 Å². The van der Waals surface area contributed by atoms with Crippen LogP contribution in [-0.4, -0.2) is 39.6 Å². The van der Waals surface area contributed by atoms with E-state index in [1.807, 2.05) is 142 Å². The topological polar surface area (TPSA) is 156 Å². The number of nitrogens with zero attached hydrogens (tertiary/aromatic N) is 1. The predicted molar refractivity (Wildman–Crippen MR) is 193 cm³/mol. The van der Waals surface area contributed by atoms with Crippen molar-refractivity contribution >= 4 is 17.7 Å². The van der Waals surface area contributed by atoms with E-state index < -0.39 is 24.5 Å². The molecule has 49 heavy (non-hydrogen) atoms. The lowest BCUT2D eigenvalue weighted by molar-refractivity contribution is -0.178. The number of carbonyl (C=O) groups excluding carboxylic acids is 2. The average Bonchev–Trinajstić information content (AvgIpc) is 3.44. The van der Waals surface area contributed by atoms with E-state index in [1.54, 1.807) is 18.9 Å². The van der Waals surface area contributed by atoms with Crippen molar-refractivity contribution in [1.82, 2.24) is 5.06 Å². The number of benzene rings is 4. The number of ketones is 1. The molecule has 9 nitrogen and oxygen atoms in total. The van der Waals surface area contributed by atoms with Crippen LogP contribution in [0.25, 0.3) is 0 Å². The predicted octanol–water partition coefficient (Wildman–Crippen LogP) is 6.66.